The molecular formula is C12H7Br2FN2O. The number of rotatable bonds is 2. The van der Waals surface area contributed by atoms with Crippen molar-refractivity contribution in [2.75, 3.05) is 5.32 Å². The Kier molecular flexibility index (Phi) is 4.08. The second-order valence-electron chi connectivity index (χ2n) is 3.42. The van der Waals surface area contributed by atoms with Crippen molar-refractivity contribution < 1.29 is 9.18 Å². The molecule has 0 atom stereocenters. The lowest BCUT2D eigenvalue weighted by atomic mass is 10.2. The van der Waals surface area contributed by atoms with Crippen molar-refractivity contribution in [1.82, 2.24) is 4.98 Å². The first-order valence-corrected chi connectivity index (χ1v) is 6.53. The number of carbonyl (C=O) groups is 1. The molecule has 18 heavy (non-hydrogen) atoms. The van der Waals surface area contributed by atoms with Gasteiger partial charge in [0.05, 0.1) is 10.0 Å². The van der Waals surface area contributed by atoms with E-state index in [1.807, 2.05) is 0 Å². The van der Waals surface area contributed by atoms with Crippen LogP contribution >= 0.6 is 31.9 Å². The predicted octanol–water partition coefficient (Wildman–Crippen LogP) is 4.00. The molecule has 0 aliphatic carbocycles. The van der Waals surface area contributed by atoms with Crippen molar-refractivity contribution in [3.05, 3.63) is 57.0 Å². The molecule has 0 radical (unpaired) electrons. The van der Waals surface area contributed by atoms with Crippen LogP contribution in [0.2, 0.25) is 0 Å². The minimum absolute atomic E-state index is 0.297. The van der Waals surface area contributed by atoms with Crippen molar-refractivity contribution in [3.8, 4) is 0 Å². The Morgan fingerprint density at radius 3 is 2.72 bits per heavy atom. The minimum atomic E-state index is -0.379. The maximum Gasteiger partial charge on any atom is 0.258 e. The zero-order chi connectivity index (χ0) is 13.1. The molecule has 0 unspecified atom stereocenters. The van der Waals surface area contributed by atoms with E-state index < -0.39 is 0 Å². The molecule has 0 aliphatic rings. The summed E-state index contributed by atoms with van der Waals surface area (Å²) in [7, 11) is 0. The topological polar surface area (TPSA) is 42.0 Å². The third kappa shape index (κ3) is 2.94. The van der Waals surface area contributed by atoms with Gasteiger partial charge < -0.3 is 5.32 Å². The molecule has 92 valence electrons. The molecular weight excluding hydrogens is 367 g/mol. The average Bonchev–Trinajstić information content (AvgIpc) is 2.34. The summed E-state index contributed by atoms with van der Waals surface area (Å²) in [4.78, 5) is 15.9. The van der Waals surface area contributed by atoms with E-state index in [2.05, 4.69) is 42.2 Å². The lowest BCUT2D eigenvalue weighted by Crippen LogP contribution is -2.13. The van der Waals surface area contributed by atoms with E-state index in [0.717, 1.165) is 0 Å². The van der Waals surface area contributed by atoms with Crippen molar-refractivity contribution in [2.45, 2.75) is 0 Å². The highest BCUT2D eigenvalue weighted by Crippen LogP contribution is 2.21. The quantitative estimate of drug-likeness (QED) is 0.808. The highest BCUT2D eigenvalue weighted by molar-refractivity contribution is 9.10. The Morgan fingerprint density at radius 1 is 1.28 bits per heavy atom. The standard InChI is InChI=1S/C12H7Br2FN2O/c13-9-6-7(3-4-10(9)15)17-12(18)8-2-1-5-16-11(8)14/h1-6H,(H,17,18). The molecule has 1 amide bonds. The molecule has 2 aromatic rings. The van der Waals surface area contributed by atoms with Crippen molar-refractivity contribution in [3.63, 3.8) is 0 Å². The van der Waals surface area contributed by atoms with E-state index in [9.17, 15) is 9.18 Å². The maximum absolute atomic E-state index is 13.0. The Hall–Kier alpha value is -1.27. The van der Waals surface area contributed by atoms with Gasteiger partial charge >= 0.3 is 0 Å². The number of nitrogens with one attached hydrogen (secondary N) is 1. The van der Waals surface area contributed by atoms with Gasteiger partial charge in [-0.05, 0) is 62.2 Å². The lowest BCUT2D eigenvalue weighted by molar-refractivity contribution is 0.102. The summed E-state index contributed by atoms with van der Waals surface area (Å²) < 4.78 is 13.8. The molecule has 2 rings (SSSR count). The fraction of sp³-hybridized carbons (Fsp3) is 0. The van der Waals surface area contributed by atoms with Gasteiger partial charge in [0.2, 0.25) is 0 Å². The first-order valence-electron chi connectivity index (χ1n) is 4.95. The van der Waals surface area contributed by atoms with Crippen LogP contribution in [-0.2, 0) is 0 Å². The Labute approximate surface area is 120 Å². The average molecular weight is 374 g/mol. The number of halogens is 3. The second kappa shape index (κ2) is 5.58. The zero-order valence-electron chi connectivity index (χ0n) is 8.95. The molecule has 0 aliphatic heterocycles. The zero-order valence-corrected chi connectivity index (χ0v) is 12.1. The lowest BCUT2D eigenvalue weighted by Gasteiger charge is -2.06. The van der Waals surface area contributed by atoms with Crippen LogP contribution in [0.4, 0.5) is 10.1 Å². The smallest absolute Gasteiger partial charge is 0.258 e. The molecule has 1 heterocycles. The van der Waals surface area contributed by atoms with E-state index in [4.69, 9.17) is 0 Å². The summed E-state index contributed by atoms with van der Waals surface area (Å²) in [6.45, 7) is 0. The minimum Gasteiger partial charge on any atom is -0.322 e. The summed E-state index contributed by atoms with van der Waals surface area (Å²) in [5.74, 6) is -0.691. The molecule has 0 saturated carbocycles. The van der Waals surface area contributed by atoms with Gasteiger partial charge in [0.1, 0.15) is 10.4 Å². The van der Waals surface area contributed by atoms with Crippen LogP contribution in [0.5, 0.6) is 0 Å². The highest BCUT2D eigenvalue weighted by Gasteiger charge is 2.11. The number of hydrogen-bond donors (Lipinski definition) is 1. The molecule has 6 heteroatoms. The third-order valence-corrected chi connectivity index (χ3v) is 3.42. The van der Waals surface area contributed by atoms with E-state index >= 15 is 0 Å². The van der Waals surface area contributed by atoms with Crippen LogP contribution in [0.3, 0.4) is 0 Å². The van der Waals surface area contributed by atoms with Crippen molar-refractivity contribution >= 4 is 43.5 Å². The molecule has 0 bridgehead atoms. The normalized spacial score (nSPS) is 10.2. The van der Waals surface area contributed by atoms with E-state index in [0.29, 0.717) is 20.3 Å². The summed E-state index contributed by atoms with van der Waals surface area (Å²) in [5.41, 5.74) is 0.918. The number of nitrogens with zero attached hydrogens (tertiary/aromatic N) is 1. The molecule has 1 aromatic carbocycles. The fourth-order valence-corrected chi connectivity index (χ4v) is 2.14. The molecule has 0 fully saturated rings. The Bertz CT molecular complexity index is 604. The third-order valence-electron chi connectivity index (χ3n) is 2.18. The SMILES string of the molecule is O=C(Nc1ccc(F)c(Br)c1)c1cccnc1Br. The largest absolute Gasteiger partial charge is 0.322 e. The number of amides is 1. The van der Waals surface area contributed by atoms with Crippen molar-refractivity contribution in [1.29, 1.82) is 0 Å². The molecule has 0 spiro atoms. The van der Waals surface area contributed by atoms with Crippen LogP contribution < -0.4 is 5.32 Å². The second-order valence-corrected chi connectivity index (χ2v) is 5.03. The van der Waals surface area contributed by atoms with Gasteiger partial charge in [-0.15, -0.1) is 0 Å². The summed E-state index contributed by atoms with van der Waals surface area (Å²) in [5, 5.41) is 2.66. The van der Waals surface area contributed by atoms with Gasteiger partial charge in [-0.25, -0.2) is 9.37 Å². The number of anilines is 1. The monoisotopic (exact) mass is 372 g/mol. The Morgan fingerprint density at radius 2 is 2.06 bits per heavy atom. The molecule has 1 aromatic heterocycles. The number of carbonyl (C=O) groups excluding carboxylic acids is 1. The van der Waals surface area contributed by atoms with E-state index in [-0.39, 0.29) is 11.7 Å². The highest BCUT2D eigenvalue weighted by atomic mass is 79.9. The molecule has 0 saturated heterocycles. The molecule has 1 N–H and O–H groups in total. The predicted molar refractivity (Wildman–Crippen MR) is 74.0 cm³/mol. The first-order chi connectivity index (χ1) is 8.58. The van der Waals surface area contributed by atoms with E-state index in [1.54, 1.807) is 18.3 Å². The Balaban J connectivity index is 2.22. The van der Waals surface area contributed by atoms with Gasteiger partial charge in [-0.3, -0.25) is 4.79 Å². The van der Waals surface area contributed by atoms with Crippen molar-refractivity contribution in [2.24, 2.45) is 0 Å². The van der Waals surface area contributed by atoms with E-state index in [1.165, 1.54) is 18.2 Å². The van der Waals surface area contributed by atoms with Crippen LogP contribution in [0, 0.1) is 5.82 Å². The van der Waals surface area contributed by atoms with Gasteiger partial charge in [0, 0.05) is 11.9 Å². The maximum atomic E-state index is 13.0. The van der Waals surface area contributed by atoms with Crippen LogP contribution in [-0.4, -0.2) is 10.9 Å². The van der Waals surface area contributed by atoms with Gasteiger partial charge in [-0.1, -0.05) is 0 Å². The summed E-state index contributed by atoms with van der Waals surface area (Å²) >= 11 is 6.25. The van der Waals surface area contributed by atoms with Crippen LogP contribution in [0.1, 0.15) is 10.4 Å². The van der Waals surface area contributed by atoms with Crippen LogP contribution in [0.25, 0.3) is 0 Å². The molecule has 3 nitrogen and oxygen atoms in total. The van der Waals surface area contributed by atoms with Gasteiger partial charge in [0.25, 0.3) is 5.91 Å². The van der Waals surface area contributed by atoms with Gasteiger partial charge in [-0.2, -0.15) is 0 Å². The summed E-state index contributed by atoms with van der Waals surface area (Å²) in [6, 6.07) is 7.57. The summed E-state index contributed by atoms with van der Waals surface area (Å²) in [6.07, 6.45) is 1.58. The number of aromatic nitrogens is 1. The van der Waals surface area contributed by atoms with Crippen LogP contribution in [0.15, 0.2) is 45.6 Å². The number of pyridine rings is 1. The number of benzene rings is 1. The first kappa shape index (κ1) is 13.2. The fourth-order valence-electron chi connectivity index (χ4n) is 1.33. The van der Waals surface area contributed by atoms with Gasteiger partial charge in [0.15, 0.2) is 0 Å². The number of hydrogen-bond acceptors (Lipinski definition) is 2.